The van der Waals surface area contributed by atoms with Gasteiger partial charge in [-0.25, -0.2) is 5.43 Å². The number of benzene rings is 2. The summed E-state index contributed by atoms with van der Waals surface area (Å²) in [6, 6.07) is 8.80. The molecule has 3 heterocycles. The molecule has 35 heavy (non-hydrogen) atoms. The number of nitrogens with zero attached hydrogens (tertiary/aromatic N) is 6. The largest absolute Gasteiger partial charge is 0.492 e. The Morgan fingerprint density at radius 3 is 2.83 bits per heavy atom. The van der Waals surface area contributed by atoms with Gasteiger partial charge in [0.05, 0.1) is 12.8 Å². The van der Waals surface area contributed by atoms with E-state index in [-0.39, 0.29) is 24.7 Å². The topological polar surface area (TPSA) is 116 Å². The number of methoxy groups -OCH3 is 1. The Hall–Kier alpha value is -3.99. The molecule has 2 aliphatic heterocycles. The van der Waals surface area contributed by atoms with Crippen molar-refractivity contribution in [2.24, 2.45) is 11.0 Å². The van der Waals surface area contributed by atoms with Gasteiger partial charge in [-0.15, -0.1) is 5.10 Å². The molecule has 1 amide bonds. The third-order valence-electron chi connectivity index (χ3n) is 6.05. The predicted octanol–water partition coefficient (Wildman–Crippen LogP) is 2.35. The lowest BCUT2D eigenvalue weighted by Gasteiger charge is -2.34. The minimum absolute atomic E-state index is 0.162. The zero-order chi connectivity index (χ0) is 24.5. The van der Waals surface area contributed by atoms with Gasteiger partial charge in [0, 0.05) is 23.9 Å². The fourth-order valence-electron chi connectivity index (χ4n) is 4.37. The number of hydrazone groups is 1. The van der Waals surface area contributed by atoms with Crippen LogP contribution in [0, 0.1) is 5.92 Å². The number of hydrogen-bond acceptors (Lipinski definition) is 9. The third kappa shape index (κ3) is 4.18. The standard InChI is InChI=1S/C24H27N7O4/c1-14(2)12-25-27-24(32)15-5-7-17(8-6-15)31-23(26-28-29-31)20-19-16(9-10-30(20)3)11-18-21(22(19)33-4)35-13-34-18/h5-8,11-12,14,20H,9-10,13H2,1-4H3,(H,27,32)/t20-/m0/s1. The van der Waals surface area contributed by atoms with E-state index in [0.717, 1.165) is 29.8 Å². The number of ether oxygens (including phenoxy) is 3. The first-order valence-corrected chi connectivity index (χ1v) is 11.4. The Bertz CT molecular complexity index is 1270. The van der Waals surface area contributed by atoms with Crippen LogP contribution < -0.4 is 19.6 Å². The highest BCUT2D eigenvalue weighted by Crippen LogP contribution is 2.50. The molecule has 1 aromatic heterocycles. The average molecular weight is 478 g/mol. The number of rotatable bonds is 6. The van der Waals surface area contributed by atoms with Gasteiger partial charge in [0.25, 0.3) is 5.91 Å². The number of likely N-dealkylation sites (N-methyl/N-ethyl adjacent to an activating group) is 1. The van der Waals surface area contributed by atoms with Crippen molar-refractivity contribution < 1.29 is 19.0 Å². The molecule has 5 rings (SSSR count). The highest BCUT2D eigenvalue weighted by molar-refractivity contribution is 5.94. The first-order valence-electron chi connectivity index (χ1n) is 11.4. The molecule has 182 valence electrons. The second kappa shape index (κ2) is 9.34. The average Bonchev–Trinajstić information content (AvgIpc) is 3.52. The Balaban J connectivity index is 1.49. The van der Waals surface area contributed by atoms with Crippen LogP contribution in [0.25, 0.3) is 5.69 Å². The number of amides is 1. The van der Waals surface area contributed by atoms with Crippen molar-refractivity contribution in [1.82, 2.24) is 30.5 Å². The maximum Gasteiger partial charge on any atom is 0.271 e. The molecular weight excluding hydrogens is 450 g/mol. The van der Waals surface area contributed by atoms with Crippen LogP contribution in [0.3, 0.4) is 0 Å². The molecule has 0 bridgehead atoms. The highest BCUT2D eigenvalue weighted by Gasteiger charge is 2.37. The normalized spacial score (nSPS) is 17.1. The number of aromatic nitrogens is 4. The van der Waals surface area contributed by atoms with Gasteiger partial charge in [-0.2, -0.15) is 9.78 Å². The minimum Gasteiger partial charge on any atom is -0.492 e. The fraction of sp³-hybridized carbons (Fsp3) is 0.375. The van der Waals surface area contributed by atoms with Crippen LogP contribution in [0.2, 0.25) is 0 Å². The summed E-state index contributed by atoms with van der Waals surface area (Å²) < 4.78 is 18.8. The lowest BCUT2D eigenvalue weighted by molar-refractivity contribution is 0.0955. The Morgan fingerprint density at radius 2 is 2.09 bits per heavy atom. The van der Waals surface area contributed by atoms with Crippen LogP contribution in [-0.2, 0) is 6.42 Å². The van der Waals surface area contributed by atoms with Crippen LogP contribution in [0.4, 0.5) is 0 Å². The minimum atomic E-state index is -0.285. The van der Waals surface area contributed by atoms with E-state index < -0.39 is 0 Å². The lowest BCUT2D eigenvalue weighted by atomic mass is 9.90. The molecule has 2 aromatic carbocycles. The molecule has 0 aliphatic carbocycles. The van der Waals surface area contributed by atoms with Gasteiger partial charge in [-0.1, -0.05) is 13.8 Å². The molecule has 11 heteroatoms. The number of carbonyl (C=O) groups is 1. The van der Waals surface area contributed by atoms with E-state index in [9.17, 15) is 4.79 Å². The summed E-state index contributed by atoms with van der Waals surface area (Å²) in [5.74, 6) is 2.51. The van der Waals surface area contributed by atoms with Crippen LogP contribution in [0.1, 0.15) is 47.2 Å². The second-order valence-electron chi connectivity index (χ2n) is 8.81. The molecule has 1 N–H and O–H groups in total. The van der Waals surface area contributed by atoms with E-state index >= 15 is 0 Å². The van der Waals surface area contributed by atoms with Gasteiger partial charge >= 0.3 is 0 Å². The van der Waals surface area contributed by atoms with Gasteiger partial charge in [-0.3, -0.25) is 9.69 Å². The number of carbonyl (C=O) groups excluding carboxylic acids is 1. The van der Waals surface area contributed by atoms with Gasteiger partial charge in [0.15, 0.2) is 17.3 Å². The molecule has 0 unspecified atom stereocenters. The summed E-state index contributed by atoms with van der Waals surface area (Å²) in [5, 5.41) is 16.6. The smallest absolute Gasteiger partial charge is 0.271 e. The first kappa shape index (κ1) is 22.8. The zero-order valence-corrected chi connectivity index (χ0v) is 20.1. The fourth-order valence-corrected chi connectivity index (χ4v) is 4.37. The van der Waals surface area contributed by atoms with Crippen LogP contribution >= 0.6 is 0 Å². The van der Waals surface area contributed by atoms with Crippen LogP contribution in [0.15, 0.2) is 35.4 Å². The summed E-state index contributed by atoms with van der Waals surface area (Å²) in [4.78, 5) is 14.6. The number of tetrazole rings is 1. The molecule has 0 fully saturated rings. The second-order valence-corrected chi connectivity index (χ2v) is 8.81. The molecule has 0 radical (unpaired) electrons. The van der Waals surface area contributed by atoms with Gasteiger partial charge < -0.3 is 14.2 Å². The zero-order valence-electron chi connectivity index (χ0n) is 20.1. The van der Waals surface area contributed by atoms with Crippen molar-refractivity contribution in [2.75, 3.05) is 27.5 Å². The quantitative estimate of drug-likeness (QED) is 0.425. The van der Waals surface area contributed by atoms with E-state index in [1.165, 1.54) is 0 Å². The van der Waals surface area contributed by atoms with Crippen molar-refractivity contribution in [3.63, 3.8) is 0 Å². The maximum atomic E-state index is 12.4. The summed E-state index contributed by atoms with van der Waals surface area (Å²) in [7, 11) is 3.66. The molecule has 1 atom stereocenters. The Kier molecular flexibility index (Phi) is 6.08. The third-order valence-corrected chi connectivity index (χ3v) is 6.05. The molecule has 0 spiro atoms. The van der Waals surface area contributed by atoms with Crippen LogP contribution in [-0.4, -0.2) is 64.7 Å². The van der Waals surface area contributed by atoms with E-state index in [4.69, 9.17) is 14.2 Å². The van der Waals surface area contributed by atoms with Gasteiger partial charge in [-0.05, 0) is 65.7 Å². The molecule has 2 aliphatic rings. The van der Waals surface area contributed by atoms with Crippen molar-refractivity contribution in [1.29, 1.82) is 0 Å². The summed E-state index contributed by atoms with van der Waals surface area (Å²) in [6.45, 7) is 4.94. The predicted molar refractivity (Wildman–Crippen MR) is 127 cm³/mol. The van der Waals surface area contributed by atoms with E-state index in [1.807, 2.05) is 39.1 Å². The number of hydrogen-bond donors (Lipinski definition) is 1. The maximum absolute atomic E-state index is 12.4. The number of fused-ring (bicyclic) bond motifs is 2. The molecular formula is C24H27N7O4. The van der Waals surface area contributed by atoms with Crippen molar-refractivity contribution in [3.05, 3.63) is 52.8 Å². The molecule has 3 aromatic rings. The molecule has 11 nitrogen and oxygen atoms in total. The molecule has 0 saturated heterocycles. The van der Waals surface area contributed by atoms with Crippen LogP contribution in [0.5, 0.6) is 17.2 Å². The molecule has 0 saturated carbocycles. The Morgan fingerprint density at radius 1 is 1.29 bits per heavy atom. The highest BCUT2D eigenvalue weighted by atomic mass is 16.7. The van der Waals surface area contributed by atoms with Crippen molar-refractivity contribution >= 4 is 12.1 Å². The summed E-state index contributed by atoms with van der Waals surface area (Å²) in [5.41, 5.74) is 5.82. The van der Waals surface area contributed by atoms with E-state index in [0.29, 0.717) is 28.6 Å². The number of nitrogens with one attached hydrogen (secondary N) is 1. The monoisotopic (exact) mass is 477 g/mol. The first-order chi connectivity index (χ1) is 17.0. The van der Waals surface area contributed by atoms with Gasteiger partial charge in [0.2, 0.25) is 12.5 Å². The Labute approximate surface area is 202 Å². The van der Waals surface area contributed by atoms with E-state index in [1.54, 1.807) is 30.1 Å². The lowest BCUT2D eigenvalue weighted by Crippen LogP contribution is -2.35. The SMILES string of the molecule is COc1c2c(cc3c1[C@@H](c1nnnn1-c1ccc(C(=O)NN=CC(C)C)cc1)N(C)CC3)OCO2. The van der Waals surface area contributed by atoms with E-state index in [2.05, 4.69) is 31.0 Å². The van der Waals surface area contributed by atoms with Crippen molar-refractivity contribution in [3.8, 4) is 22.9 Å². The van der Waals surface area contributed by atoms with Gasteiger partial charge in [0.1, 0.15) is 6.04 Å². The summed E-state index contributed by atoms with van der Waals surface area (Å²) >= 11 is 0. The van der Waals surface area contributed by atoms with Crippen molar-refractivity contribution in [2.45, 2.75) is 26.3 Å². The summed E-state index contributed by atoms with van der Waals surface area (Å²) in [6.07, 6.45) is 2.51.